The Labute approximate surface area is 88.7 Å². The summed E-state index contributed by atoms with van der Waals surface area (Å²) in [5.74, 6) is 0. The quantitative estimate of drug-likeness (QED) is 0.717. The first-order chi connectivity index (χ1) is 7.34. The van der Waals surface area contributed by atoms with Crippen LogP contribution >= 0.6 is 11.3 Å². The molecule has 1 aliphatic heterocycles. The Morgan fingerprint density at radius 3 is 2.93 bits per heavy atom. The maximum atomic E-state index is 11.1. The van der Waals surface area contributed by atoms with Crippen molar-refractivity contribution in [3.8, 4) is 10.6 Å². The number of nitrogens with zero attached hydrogens (tertiary/aromatic N) is 3. The number of fused-ring (bicyclic) bond motifs is 1. The molecule has 0 fully saturated rings. The Morgan fingerprint density at radius 2 is 2.13 bits per heavy atom. The molecule has 3 rings (SSSR count). The molecule has 1 aromatic carbocycles. The summed E-state index contributed by atoms with van der Waals surface area (Å²) in [6.45, 7) is 0. The molecule has 5 heteroatoms. The minimum atomic E-state index is -0.436. The molecule has 4 nitrogen and oxygen atoms in total. The van der Waals surface area contributed by atoms with Crippen molar-refractivity contribution >= 4 is 17.4 Å². The van der Waals surface area contributed by atoms with Gasteiger partial charge in [-0.3, -0.25) is 0 Å². The zero-order valence-electron chi connectivity index (χ0n) is 7.54. The highest BCUT2D eigenvalue weighted by Gasteiger charge is 2.11. The van der Waals surface area contributed by atoms with E-state index in [1.54, 1.807) is 12.3 Å². The van der Waals surface area contributed by atoms with Crippen molar-refractivity contribution in [3.63, 3.8) is 0 Å². The fourth-order valence-corrected chi connectivity index (χ4v) is 2.16. The smallest absolute Gasteiger partial charge is 0.244 e. The van der Waals surface area contributed by atoms with E-state index in [1.165, 1.54) is 11.3 Å². The maximum Gasteiger partial charge on any atom is 0.368 e. The number of hydrogen-bond acceptors (Lipinski definition) is 3. The van der Waals surface area contributed by atoms with Gasteiger partial charge in [0.25, 0.3) is 0 Å². The highest BCUT2D eigenvalue weighted by Crippen LogP contribution is 2.17. The summed E-state index contributed by atoms with van der Waals surface area (Å²) in [5, 5.41) is 4.02. The molecule has 2 heterocycles. The summed E-state index contributed by atoms with van der Waals surface area (Å²) in [6, 6.07) is 5.09. The first-order valence-corrected chi connectivity index (χ1v) is 5.23. The van der Waals surface area contributed by atoms with Crippen LogP contribution in [-0.4, -0.2) is 11.0 Å². The molecule has 0 N–H and O–H groups in total. The molecule has 0 aliphatic carbocycles. The van der Waals surface area contributed by atoms with Crippen molar-refractivity contribution in [2.45, 2.75) is 0 Å². The Bertz CT molecular complexity index is 646. The van der Waals surface area contributed by atoms with Gasteiger partial charge in [0.05, 0.1) is 5.36 Å². The van der Waals surface area contributed by atoms with Crippen LogP contribution in [0.5, 0.6) is 0 Å². The molecule has 0 unspecified atom stereocenters. The van der Waals surface area contributed by atoms with Gasteiger partial charge in [0.2, 0.25) is 0 Å². The van der Waals surface area contributed by atoms with Crippen molar-refractivity contribution in [2.75, 3.05) is 0 Å². The van der Waals surface area contributed by atoms with E-state index >= 15 is 0 Å². The topological polar surface area (TPSA) is 54.7 Å². The van der Waals surface area contributed by atoms with E-state index in [-0.39, 0.29) is 0 Å². The van der Waals surface area contributed by atoms with Crippen molar-refractivity contribution in [3.05, 3.63) is 40.5 Å². The first kappa shape index (κ1) is 8.43. The minimum Gasteiger partial charge on any atom is -0.244 e. The molecule has 15 heavy (non-hydrogen) atoms. The van der Waals surface area contributed by atoms with Gasteiger partial charge >= 0.3 is 6.03 Å². The highest BCUT2D eigenvalue weighted by atomic mass is 32.1. The van der Waals surface area contributed by atoms with Crippen LogP contribution in [0.4, 0.5) is 4.79 Å². The van der Waals surface area contributed by atoms with E-state index in [1.807, 2.05) is 17.5 Å². The second-order valence-electron chi connectivity index (χ2n) is 3.02. The molecule has 0 saturated heterocycles. The summed E-state index contributed by atoms with van der Waals surface area (Å²) in [5.41, 5.74) is 0.872. The first-order valence-electron chi connectivity index (χ1n) is 4.35. The number of carbonyl (C=O) groups excluding carboxylic acids is 1. The number of urea groups is 1. The molecule has 0 atom stereocenters. The zero-order chi connectivity index (χ0) is 10.3. The summed E-state index contributed by atoms with van der Waals surface area (Å²) >= 11 is 1.52. The molecule has 0 radical (unpaired) electrons. The van der Waals surface area contributed by atoms with Crippen LogP contribution in [0.1, 0.15) is 0 Å². The number of para-hydroxylation sites is 1. The molecule has 72 valence electrons. The fraction of sp³-hybridized carbons (Fsp3) is 0. The van der Waals surface area contributed by atoms with E-state index in [0.29, 0.717) is 10.7 Å². The number of carbonyl (C=O) groups is 1. The molecule has 0 spiro atoms. The third-order valence-electron chi connectivity index (χ3n) is 2.10. The van der Waals surface area contributed by atoms with Crippen LogP contribution in [0, 0.1) is 0 Å². The lowest BCUT2D eigenvalue weighted by molar-refractivity contribution is 0.256. The van der Waals surface area contributed by atoms with Gasteiger partial charge in [-0.1, -0.05) is 6.07 Å². The molecule has 2 amide bonds. The highest BCUT2D eigenvalue weighted by molar-refractivity contribution is 7.13. The number of amides is 2. The third kappa shape index (κ3) is 1.28. The number of thiazole rings is 1. The van der Waals surface area contributed by atoms with Gasteiger partial charge in [-0.05, 0) is 12.1 Å². The van der Waals surface area contributed by atoms with Gasteiger partial charge in [-0.15, -0.1) is 11.3 Å². The van der Waals surface area contributed by atoms with E-state index in [2.05, 4.69) is 15.0 Å². The van der Waals surface area contributed by atoms with E-state index < -0.39 is 6.03 Å². The van der Waals surface area contributed by atoms with Gasteiger partial charge in [0.1, 0.15) is 10.4 Å². The predicted molar refractivity (Wildman–Crippen MR) is 55.3 cm³/mol. The van der Waals surface area contributed by atoms with Gasteiger partial charge < -0.3 is 0 Å². The minimum absolute atomic E-state index is 0.436. The Hall–Kier alpha value is -1.88. The second-order valence-corrected chi connectivity index (χ2v) is 3.91. The molecular formula is C10H5N3OS. The van der Waals surface area contributed by atoms with E-state index in [9.17, 15) is 4.79 Å². The van der Waals surface area contributed by atoms with Crippen LogP contribution in [0.25, 0.3) is 10.6 Å². The zero-order valence-corrected chi connectivity index (χ0v) is 8.36. The van der Waals surface area contributed by atoms with Gasteiger partial charge in [0, 0.05) is 17.1 Å². The van der Waals surface area contributed by atoms with E-state index in [0.717, 1.165) is 10.6 Å². The average molecular weight is 215 g/mol. The summed E-state index contributed by atoms with van der Waals surface area (Å²) in [4.78, 5) is 22.9. The van der Waals surface area contributed by atoms with Crippen LogP contribution in [0.15, 0.2) is 39.8 Å². The molecule has 1 aromatic heterocycles. The van der Waals surface area contributed by atoms with Gasteiger partial charge in [0.15, 0.2) is 0 Å². The van der Waals surface area contributed by atoms with E-state index in [4.69, 9.17) is 0 Å². The normalized spacial score (nSPS) is 13.2. The molecule has 2 aromatic rings. The monoisotopic (exact) mass is 215 g/mol. The fourth-order valence-electron chi connectivity index (χ4n) is 1.49. The van der Waals surface area contributed by atoms with Gasteiger partial charge in [-0.2, -0.15) is 9.98 Å². The van der Waals surface area contributed by atoms with Crippen molar-refractivity contribution in [1.29, 1.82) is 0 Å². The van der Waals surface area contributed by atoms with Gasteiger partial charge in [-0.25, -0.2) is 9.78 Å². The summed E-state index contributed by atoms with van der Waals surface area (Å²) in [7, 11) is 0. The standard InChI is InChI=1S/C10H5N3OS/c14-10-12-7-3-1-2-6(8(7)13-10)9-11-4-5-15-9/h1-5H. The largest absolute Gasteiger partial charge is 0.368 e. The van der Waals surface area contributed by atoms with Crippen molar-refractivity contribution in [2.24, 2.45) is 9.98 Å². The van der Waals surface area contributed by atoms with Crippen LogP contribution < -0.4 is 10.7 Å². The van der Waals surface area contributed by atoms with Crippen LogP contribution in [-0.2, 0) is 0 Å². The molecular weight excluding hydrogens is 210 g/mol. The lowest BCUT2D eigenvalue weighted by atomic mass is 10.2. The second kappa shape index (κ2) is 3.06. The molecule has 0 saturated carbocycles. The number of benzene rings is 1. The average Bonchev–Trinajstić information content (AvgIpc) is 2.82. The van der Waals surface area contributed by atoms with Crippen LogP contribution in [0.2, 0.25) is 0 Å². The maximum absolute atomic E-state index is 11.1. The molecule has 1 aliphatic rings. The van der Waals surface area contributed by atoms with Crippen molar-refractivity contribution < 1.29 is 4.79 Å². The third-order valence-corrected chi connectivity index (χ3v) is 2.91. The van der Waals surface area contributed by atoms with Crippen LogP contribution in [0.3, 0.4) is 0 Å². The Kier molecular flexibility index (Phi) is 1.72. The molecule has 0 bridgehead atoms. The summed E-state index contributed by atoms with van der Waals surface area (Å²) < 4.78 is 0. The number of hydrogen-bond donors (Lipinski definition) is 0. The van der Waals surface area contributed by atoms with Crippen molar-refractivity contribution in [1.82, 2.24) is 4.98 Å². The Morgan fingerprint density at radius 1 is 1.20 bits per heavy atom. The SMILES string of the molecule is O=C1N=c2cccc(-c3nccs3)c2=N1. The predicted octanol–water partition coefficient (Wildman–Crippen LogP) is 1.18. The number of rotatable bonds is 1. The lowest BCUT2D eigenvalue weighted by Crippen LogP contribution is -2.23. The Balaban J connectivity index is 2.39. The number of aromatic nitrogens is 1. The summed E-state index contributed by atoms with van der Waals surface area (Å²) in [6.07, 6.45) is 1.73. The lowest BCUT2D eigenvalue weighted by Gasteiger charge is -1.93.